The van der Waals surface area contributed by atoms with Crippen molar-refractivity contribution in [1.82, 2.24) is 0 Å². The Bertz CT molecular complexity index is 301. The van der Waals surface area contributed by atoms with E-state index in [0.717, 1.165) is 19.3 Å². The molecule has 20 heavy (non-hydrogen) atoms. The van der Waals surface area contributed by atoms with Gasteiger partial charge in [-0.1, -0.05) is 41.0 Å². The summed E-state index contributed by atoms with van der Waals surface area (Å²) in [5.41, 5.74) is 0. The molecule has 0 aromatic heterocycles. The number of hydrogen-bond acceptors (Lipinski definition) is 4. The Morgan fingerprint density at radius 3 is 2.15 bits per heavy atom. The molecule has 2 unspecified atom stereocenters. The van der Waals surface area contributed by atoms with E-state index in [1.165, 1.54) is 0 Å². The zero-order chi connectivity index (χ0) is 15.6. The Balaban J connectivity index is 4.80. The van der Waals surface area contributed by atoms with Gasteiger partial charge in [0.2, 0.25) is 0 Å². The molecule has 0 saturated carbocycles. The molecule has 0 aliphatic rings. The molecule has 0 rings (SSSR count). The Hall–Kier alpha value is -1.06. The monoisotopic (exact) mass is 286 g/mol. The minimum Gasteiger partial charge on any atom is -0.422 e. The van der Waals surface area contributed by atoms with Crippen LogP contribution in [0, 0.1) is 5.92 Å². The van der Waals surface area contributed by atoms with Gasteiger partial charge in [0, 0.05) is 19.3 Å². The number of unbranched alkanes of at least 4 members (excludes halogenated alkanes) is 1. The van der Waals surface area contributed by atoms with E-state index in [2.05, 4.69) is 0 Å². The lowest BCUT2D eigenvalue weighted by Crippen LogP contribution is -2.40. The first kappa shape index (κ1) is 18.9. The third-order valence-electron chi connectivity index (χ3n) is 3.51. The third-order valence-corrected chi connectivity index (χ3v) is 3.51. The van der Waals surface area contributed by atoms with Gasteiger partial charge in [-0.2, -0.15) is 0 Å². The van der Waals surface area contributed by atoms with Crippen LogP contribution >= 0.6 is 0 Å². The van der Waals surface area contributed by atoms with Gasteiger partial charge in [-0.05, 0) is 19.3 Å². The molecule has 0 saturated heterocycles. The quantitative estimate of drug-likeness (QED) is 0.446. The van der Waals surface area contributed by atoms with Crippen LogP contribution in [0.3, 0.4) is 0 Å². The average Bonchev–Trinajstić information content (AvgIpc) is 2.44. The molecule has 0 N–H and O–H groups in total. The number of hydrogen-bond donors (Lipinski definition) is 0. The molecule has 0 fully saturated rings. The maximum atomic E-state index is 12.0. The summed E-state index contributed by atoms with van der Waals surface area (Å²) in [6.07, 6.45) is 4.66. The lowest BCUT2D eigenvalue weighted by atomic mass is 10.1. The van der Waals surface area contributed by atoms with Crippen molar-refractivity contribution < 1.29 is 19.1 Å². The van der Waals surface area contributed by atoms with Gasteiger partial charge < -0.3 is 9.47 Å². The Labute approximate surface area is 123 Å². The van der Waals surface area contributed by atoms with Crippen LogP contribution < -0.4 is 0 Å². The number of carbonyl (C=O) groups is 2. The lowest BCUT2D eigenvalue weighted by Gasteiger charge is -2.32. The summed E-state index contributed by atoms with van der Waals surface area (Å²) in [6.45, 7) is 9.66. The molecule has 2 atom stereocenters. The SMILES string of the molecule is CCCCC(=O)OC(CC)(CCC)OC(=O)C(C)CC. The molecule has 118 valence electrons. The van der Waals surface area contributed by atoms with Crippen molar-refractivity contribution in [2.75, 3.05) is 0 Å². The predicted octanol–water partition coefficient (Wildman–Crippen LogP) is 4.22. The average molecular weight is 286 g/mol. The van der Waals surface area contributed by atoms with Crippen LogP contribution in [0.25, 0.3) is 0 Å². The molecule has 0 aromatic rings. The Kier molecular flexibility index (Phi) is 9.26. The first-order valence-corrected chi connectivity index (χ1v) is 7.89. The Morgan fingerprint density at radius 2 is 1.70 bits per heavy atom. The smallest absolute Gasteiger partial charge is 0.311 e. The van der Waals surface area contributed by atoms with Crippen molar-refractivity contribution in [3.05, 3.63) is 0 Å². The summed E-state index contributed by atoms with van der Waals surface area (Å²) in [5, 5.41) is 0. The van der Waals surface area contributed by atoms with E-state index in [4.69, 9.17) is 9.47 Å². The zero-order valence-electron chi connectivity index (χ0n) is 13.7. The molecule has 0 bridgehead atoms. The Morgan fingerprint density at radius 1 is 1.05 bits per heavy atom. The summed E-state index contributed by atoms with van der Waals surface area (Å²) in [4.78, 5) is 23.9. The molecule has 4 heteroatoms. The van der Waals surface area contributed by atoms with Crippen LogP contribution in [0.4, 0.5) is 0 Å². The van der Waals surface area contributed by atoms with Gasteiger partial charge in [0.05, 0.1) is 5.92 Å². The molecule has 0 aromatic carbocycles. The molecule has 0 radical (unpaired) electrons. The molecule has 0 heterocycles. The molecule has 0 aliphatic carbocycles. The van der Waals surface area contributed by atoms with E-state index in [1.807, 2.05) is 34.6 Å². The molecular weight excluding hydrogens is 256 g/mol. The third kappa shape index (κ3) is 6.40. The molecule has 4 nitrogen and oxygen atoms in total. The van der Waals surface area contributed by atoms with Crippen molar-refractivity contribution in [2.45, 2.75) is 85.4 Å². The van der Waals surface area contributed by atoms with Crippen molar-refractivity contribution >= 4 is 11.9 Å². The van der Waals surface area contributed by atoms with Crippen molar-refractivity contribution in [3.63, 3.8) is 0 Å². The summed E-state index contributed by atoms with van der Waals surface area (Å²) in [7, 11) is 0. The van der Waals surface area contributed by atoms with Gasteiger partial charge in [-0.15, -0.1) is 0 Å². The van der Waals surface area contributed by atoms with Crippen molar-refractivity contribution in [3.8, 4) is 0 Å². The van der Waals surface area contributed by atoms with E-state index < -0.39 is 5.79 Å². The first-order chi connectivity index (χ1) is 9.44. The van der Waals surface area contributed by atoms with Gasteiger partial charge in [0.15, 0.2) is 0 Å². The number of rotatable bonds is 10. The highest BCUT2D eigenvalue weighted by Gasteiger charge is 2.36. The highest BCUT2D eigenvalue weighted by Crippen LogP contribution is 2.27. The fourth-order valence-electron chi connectivity index (χ4n) is 1.86. The maximum absolute atomic E-state index is 12.0. The lowest BCUT2D eigenvalue weighted by molar-refractivity contribution is -0.235. The number of carbonyl (C=O) groups excluding carboxylic acids is 2. The fraction of sp³-hybridized carbons (Fsp3) is 0.875. The van der Waals surface area contributed by atoms with Gasteiger partial charge in [-0.3, -0.25) is 9.59 Å². The molecule has 0 aliphatic heterocycles. The van der Waals surface area contributed by atoms with Crippen molar-refractivity contribution in [2.24, 2.45) is 5.92 Å². The van der Waals surface area contributed by atoms with Gasteiger partial charge in [-0.25, -0.2) is 0 Å². The predicted molar refractivity (Wildman–Crippen MR) is 79.1 cm³/mol. The minimum absolute atomic E-state index is 0.174. The van der Waals surface area contributed by atoms with Crippen LogP contribution in [0.2, 0.25) is 0 Å². The van der Waals surface area contributed by atoms with Gasteiger partial charge in [0.1, 0.15) is 0 Å². The van der Waals surface area contributed by atoms with Crippen LogP contribution in [0.15, 0.2) is 0 Å². The summed E-state index contributed by atoms with van der Waals surface area (Å²) < 4.78 is 11.1. The molecule has 0 spiro atoms. The number of ether oxygens (including phenoxy) is 2. The van der Waals surface area contributed by atoms with Crippen LogP contribution in [0.1, 0.15) is 79.6 Å². The van der Waals surface area contributed by atoms with Gasteiger partial charge in [0.25, 0.3) is 5.79 Å². The highest BCUT2D eigenvalue weighted by molar-refractivity contribution is 5.73. The zero-order valence-corrected chi connectivity index (χ0v) is 13.7. The van der Waals surface area contributed by atoms with Crippen LogP contribution in [-0.2, 0) is 19.1 Å². The highest BCUT2D eigenvalue weighted by atomic mass is 16.7. The normalized spacial score (nSPS) is 15.2. The fourth-order valence-corrected chi connectivity index (χ4v) is 1.86. The van der Waals surface area contributed by atoms with E-state index in [9.17, 15) is 9.59 Å². The van der Waals surface area contributed by atoms with Crippen LogP contribution in [-0.4, -0.2) is 17.7 Å². The second-order valence-corrected chi connectivity index (χ2v) is 5.32. The van der Waals surface area contributed by atoms with E-state index in [-0.39, 0.29) is 17.9 Å². The second-order valence-electron chi connectivity index (χ2n) is 5.32. The standard InChI is InChI=1S/C16H30O4/c1-6-10-11-14(17)19-16(9-4,12-7-2)20-15(18)13(5)8-3/h13H,6-12H2,1-5H3. The molecule has 0 amide bonds. The minimum atomic E-state index is -1.08. The summed E-state index contributed by atoms with van der Waals surface area (Å²) >= 11 is 0. The molecular formula is C16H30O4. The topological polar surface area (TPSA) is 52.6 Å². The number of esters is 2. The van der Waals surface area contributed by atoms with E-state index in [1.54, 1.807) is 0 Å². The first-order valence-electron chi connectivity index (χ1n) is 7.89. The summed E-state index contributed by atoms with van der Waals surface area (Å²) in [5.74, 6) is -1.82. The second kappa shape index (κ2) is 9.78. The van der Waals surface area contributed by atoms with E-state index >= 15 is 0 Å². The van der Waals surface area contributed by atoms with Crippen molar-refractivity contribution in [1.29, 1.82) is 0 Å². The maximum Gasteiger partial charge on any atom is 0.311 e. The van der Waals surface area contributed by atoms with Gasteiger partial charge >= 0.3 is 11.9 Å². The summed E-state index contributed by atoms with van der Waals surface area (Å²) in [6, 6.07) is 0. The largest absolute Gasteiger partial charge is 0.422 e. The van der Waals surface area contributed by atoms with Crippen LogP contribution in [0.5, 0.6) is 0 Å². The van der Waals surface area contributed by atoms with E-state index in [0.29, 0.717) is 25.7 Å².